The van der Waals surface area contributed by atoms with Crippen LogP contribution in [-0.2, 0) is 0 Å². The average Bonchev–Trinajstić information content (AvgIpc) is 3.25. The van der Waals surface area contributed by atoms with Crippen LogP contribution in [0.15, 0.2) is 19.8 Å². The Morgan fingerprint density at radius 1 is 1.11 bits per heavy atom. The minimum Gasteiger partial charge on any atom is -0.293 e. The third-order valence-electron chi connectivity index (χ3n) is 3.92. The molecule has 4 aromatic rings. The first-order valence-electron chi connectivity index (χ1n) is 7.92. The summed E-state index contributed by atoms with van der Waals surface area (Å²) in [4.78, 5) is 31.0. The quantitative estimate of drug-likeness (QED) is 0.423. The zero-order chi connectivity index (χ0) is 20.0. The summed E-state index contributed by atoms with van der Waals surface area (Å²) < 4.78 is 2.72. The largest absolute Gasteiger partial charge is 0.352 e. The zero-order valence-electron chi connectivity index (χ0n) is 14.8. The van der Waals surface area contributed by atoms with Gasteiger partial charge >= 0.3 is 11.4 Å². The molecule has 0 fully saturated rings. The lowest BCUT2D eigenvalue weighted by atomic mass is 10.3. The van der Waals surface area contributed by atoms with Crippen molar-refractivity contribution in [2.24, 2.45) is 10.2 Å². The zero-order valence-corrected chi connectivity index (χ0v) is 14.8. The second-order valence-electron chi connectivity index (χ2n) is 5.82. The van der Waals surface area contributed by atoms with Gasteiger partial charge in [-0.1, -0.05) is 0 Å². The number of hydrogen-bond donors (Lipinski definition) is 3. The van der Waals surface area contributed by atoms with Crippen molar-refractivity contribution in [3.63, 3.8) is 0 Å². The number of aromatic nitrogens is 9. The summed E-state index contributed by atoms with van der Waals surface area (Å²) in [5.41, 5.74) is 0.370. The fourth-order valence-electron chi connectivity index (χ4n) is 2.62. The molecule has 0 unspecified atom stereocenters. The van der Waals surface area contributed by atoms with Crippen molar-refractivity contribution in [1.29, 1.82) is 5.26 Å². The van der Waals surface area contributed by atoms with Gasteiger partial charge in [-0.15, -0.1) is 20.4 Å². The van der Waals surface area contributed by atoms with E-state index in [9.17, 15) is 14.9 Å². The predicted molar refractivity (Wildman–Crippen MR) is 93.0 cm³/mol. The van der Waals surface area contributed by atoms with Gasteiger partial charge in [0.25, 0.3) is 0 Å². The Morgan fingerprint density at radius 2 is 1.89 bits per heavy atom. The number of nitriles is 1. The van der Waals surface area contributed by atoms with Crippen LogP contribution in [0.3, 0.4) is 0 Å². The molecule has 0 spiro atoms. The molecule has 14 heteroatoms. The molecule has 4 heterocycles. The van der Waals surface area contributed by atoms with Gasteiger partial charge in [-0.05, 0) is 20.8 Å². The highest BCUT2D eigenvalue weighted by atomic mass is 16.2. The summed E-state index contributed by atoms with van der Waals surface area (Å²) in [5.74, 6) is 0.453. The van der Waals surface area contributed by atoms with E-state index in [4.69, 9.17) is 0 Å². The molecule has 3 N–H and O–H groups in total. The molecule has 28 heavy (non-hydrogen) atoms. The molecule has 0 aromatic carbocycles. The van der Waals surface area contributed by atoms with Crippen LogP contribution in [0.25, 0.3) is 11.6 Å². The van der Waals surface area contributed by atoms with Gasteiger partial charge in [0.2, 0.25) is 11.6 Å². The van der Waals surface area contributed by atoms with E-state index in [1.54, 1.807) is 25.3 Å². The van der Waals surface area contributed by atoms with Crippen molar-refractivity contribution in [3.8, 4) is 12.0 Å². The minimum atomic E-state index is -0.865. The number of fused-ring (bicyclic) bond motifs is 1. The molecule has 0 saturated carbocycles. The standard InChI is InChI=1S/C14H12N12O2/c1-5-8(4-15)10(26(23-5)12-16-13(27)18-14(28)17-12)21-20-9-6(2)24-25-7(3)19-22-11(9)25/h24H,1-3H3,(H2,16,17,18,27,28). The highest BCUT2D eigenvalue weighted by molar-refractivity contribution is 5.66. The fourth-order valence-corrected chi connectivity index (χ4v) is 2.62. The Labute approximate surface area is 154 Å². The number of azo groups is 1. The number of hydrogen-bond acceptors (Lipinski definition) is 9. The first-order chi connectivity index (χ1) is 13.4. The van der Waals surface area contributed by atoms with Crippen LogP contribution in [-0.4, -0.2) is 44.5 Å². The third-order valence-corrected chi connectivity index (χ3v) is 3.92. The van der Waals surface area contributed by atoms with Crippen molar-refractivity contribution >= 4 is 17.2 Å². The second-order valence-corrected chi connectivity index (χ2v) is 5.82. The van der Waals surface area contributed by atoms with E-state index in [1.807, 2.05) is 11.1 Å². The van der Waals surface area contributed by atoms with Gasteiger partial charge in [-0.25, -0.2) is 14.1 Å². The number of H-pyrrole nitrogens is 3. The predicted octanol–water partition coefficient (Wildman–Crippen LogP) is 0.227. The maximum atomic E-state index is 11.6. The molecule has 0 aliphatic heterocycles. The van der Waals surface area contributed by atoms with Crippen molar-refractivity contribution in [2.45, 2.75) is 20.8 Å². The van der Waals surface area contributed by atoms with Gasteiger partial charge in [-0.2, -0.15) is 20.0 Å². The van der Waals surface area contributed by atoms with Gasteiger partial charge in [0, 0.05) is 0 Å². The molecule has 14 nitrogen and oxygen atoms in total. The van der Waals surface area contributed by atoms with Gasteiger partial charge in [0.15, 0.2) is 11.5 Å². The van der Waals surface area contributed by atoms with Crippen LogP contribution in [0.4, 0.5) is 11.5 Å². The lowest BCUT2D eigenvalue weighted by Crippen LogP contribution is -2.27. The number of nitrogens with one attached hydrogen (secondary N) is 3. The molecule has 0 radical (unpaired) electrons. The molecule has 4 rings (SSSR count). The number of rotatable bonds is 3. The third kappa shape index (κ3) is 2.58. The molecule has 0 aliphatic rings. The fraction of sp³-hybridized carbons (Fsp3) is 0.214. The molecule has 0 atom stereocenters. The van der Waals surface area contributed by atoms with Crippen LogP contribution in [0.2, 0.25) is 0 Å². The molecule has 0 amide bonds. The van der Waals surface area contributed by atoms with Crippen molar-refractivity contribution < 1.29 is 0 Å². The van der Waals surface area contributed by atoms with Crippen molar-refractivity contribution in [3.05, 3.63) is 43.7 Å². The molecule has 0 bridgehead atoms. The maximum Gasteiger partial charge on any atom is 0.352 e. The van der Waals surface area contributed by atoms with E-state index >= 15 is 0 Å². The van der Waals surface area contributed by atoms with Crippen molar-refractivity contribution in [2.75, 3.05) is 0 Å². The van der Waals surface area contributed by atoms with Crippen LogP contribution < -0.4 is 11.4 Å². The Hall–Kier alpha value is -4.41. The summed E-state index contributed by atoms with van der Waals surface area (Å²) in [6.07, 6.45) is 0. The van der Waals surface area contributed by atoms with Gasteiger partial charge in [0.1, 0.15) is 17.5 Å². The highest BCUT2D eigenvalue weighted by Gasteiger charge is 2.19. The second kappa shape index (κ2) is 6.09. The van der Waals surface area contributed by atoms with Crippen LogP contribution >= 0.6 is 0 Å². The van der Waals surface area contributed by atoms with Crippen molar-refractivity contribution in [1.82, 2.24) is 44.5 Å². The Bertz CT molecular complexity index is 1370. The summed E-state index contributed by atoms with van der Waals surface area (Å²) in [5, 5.41) is 32.9. The van der Waals surface area contributed by atoms with E-state index in [0.29, 0.717) is 28.5 Å². The summed E-state index contributed by atoms with van der Waals surface area (Å²) in [6.45, 7) is 5.14. The average molecular weight is 380 g/mol. The number of aryl methyl sites for hydroxylation is 3. The highest BCUT2D eigenvalue weighted by Crippen LogP contribution is 2.29. The van der Waals surface area contributed by atoms with E-state index in [1.165, 1.54) is 0 Å². The number of aromatic amines is 3. The molecule has 4 aromatic heterocycles. The van der Waals surface area contributed by atoms with E-state index in [0.717, 1.165) is 4.68 Å². The lowest BCUT2D eigenvalue weighted by Gasteiger charge is -2.00. The Morgan fingerprint density at radius 3 is 2.61 bits per heavy atom. The number of nitrogens with zero attached hydrogens (tertiary/aromatic N) is 9. The summed E-state index contributed by atoms with van der Waals surface area (Å²) >= 11 is 0. The van der Waals surface area contributed by atoms with E-state index in [-0.39, 0.29) is 17.3 Å². The molecule has 0 saturated heterocycles. The summed E-state index contributed by atoms with van der Waals surface area (Å²) in [7, 11) is 0. The van der Waals surface area contributed by atoms with Gasteiger partial charge in [-0.3, -0.25) is 15.1 Å². The molecular formula is C14H12N12O2. The van der Waals surface area contributed by atoms with E-state index in [2.05, 4.69) is 40.6 Å². The van der Waals surface area contributed by atoms with Crippen LogP contribution in [0.5, 0.6) is 0 Å². The normalized spacial score (nSPS) is 11.5. The Balaban J connectivity index is 1.91. The molecule has 0 aliphatic carbocycles. The first-order valence-corrected chi connectivity index (χ1v) is 7.92. The van der Waals surface area contributed by atoms with Crippen LogP contribution in [0, 0.1) is 32.1 Å². The Kier molecular flexibility index (Phi) is 3.70. The first kappa shape index (κ1) is 17.0. The molecule has 140 valence electrons. The monoisotopic (exact) mass is 380 g/mol. The summed E-state index contributed by atoms with van der Waals surface area (Å²) in [6, 6.07) is 1.99. The smallest absolute Gasteiger partial charge is 0.293 e. The maximum absolute atomic E-state index is 11.6. The topological polar surface area (TPSA) is 191 Å². The lowest BCUT2D eigenvalue weighted by molar-refractivity contribution is 0.758. The SMILES string of the molecule is Cc1nn(-c2nc(=O)[nH]c(=O)[nH]2)c(N=Nc2c(C)[nH]n3c(C)nnc23)c1C#N. The minimum absolute atomic E-state index is 0.00346. The molecular weight excluding hydrogens is 368 g/mol. The van der Waals surface area contributed by atoms with E-state index < -0.39 is 11.4 Å². The van der Waals surface area contributed by atoms with Gasteiger partial charge < -0.3 is 0 Å². The van der Waals surface area contributed by atoms with Crippen LogP contribution in [0.1, 0.15) is 22.8 Å². The van der Waals surface area contributed by atoms with Gasteiger partial charge in [0.05, 0.1) is 11.4 Å².